The number of piperidine rings is 1. The zero-order chi connectivity index (χ0) is 19.2. The van der Waals surface area contributed by atoms with Crippen LogP contribution in [0, 0.1) is 6.92 Å². The number of amides is 2. The van der Waals surface area contributed by atoms with E-state index in [1.54, 1.807) is 0 Å². The summed E-state index contributed by atoms with van der Waals surface area (Å²) in [5.41, 5.74) is 2.60. The number of carbonyl (C=O) groups excluding carboxylic acids is 2. The maximum Gasteiger partial charge on any atom is 0.251 e. The summed E-state index contributed by atoms with van der Waals surface area (Å²) in [5.74, 6) is 0.162. The Kier molecular flexibility index (Phi) is 6.75. The molecule has 1 unspecified atom stereocenters. The molecule has 1 aliphatic carbocycles. The number of carbonyl (C=O) groups is 2. The minimum atomic E-state index is 0.00904. The molecular weight excluding hydrogens is 338 g/mol. The van der Waals surface area contributed by atoms with Crippen molar-refractivity contribution < 1.29 is 9.59 Å². The minimum absolute atomic E-state index is 0.00904. The Bertz CT molecular complexity index is 668. The Balaban J connectivity index is 1.54. The predicted octanol–water partition coefficient (Wildman–Crippen LogP) is 3.87. The maximum atomic E-state index is 12.5. The van der Waals surface area contributed by atoms with Crippen molar-refractivity contribution in [2.24, 2.45) is 0 Å². The van der Waals surface area contributed by atoms with Crippen molar-refractivity contribution in [1.82, 2.24) is 10.2 Å². The van der Waals surface area contributed by atoms with Crippen LogP contribution in [0.4, 0.5) is 5.69 Å². The Labute approximate surface area is 162 Å². The molecular formula is C22H33N3O2. The summed E-state index contributed by atoms with van der Waals surface area (Å²) in [6.07, 6.45) is 9.26. The highest BCUT2D eigenvalue weighted by Crippen LogP contribution is 2.21. The average Bonchev–Trinajstić information content (AvgIpc) is 2.68. The lowest BCUT2D eigenvalue weighted by atomic mass is 9.95. The molecule has 0 radical (unpaired) electrons. The van der Waals surface area contributed by atoms with Gasteiger partial charge in [0.15, 0.2) is 0 Å². The van der Waals surface area contributed by atoms with Crippen molar-refractivity contribution in [2.45, 2.75) is 77.3 Å². The van der Waals surface area contributed by atoms with E-state index >= 15 is 0 Å². The summed E-state index contributed by atoms with van der Waals surface area (Å²) in [6, 6.07) is 6.32. The van der Waals surface area contributed by atoms with Crippen LogP contribution >= 0.6 is 0 Å². The minimum Gasteiger partial charge on any atom is -0.376 e. The molecule has 1 aromatic rings. The molecule has 0 bridgehead atoms. The molecule has 0 aromatic heterocycles. The second-order valence-electron chi connectivity index (χ2n) is 8.12. The first-order valence-electron chi connectivity index (χ1n) is 10.5. The van der Waals surface area contributed by atoms with Crippen molar-refractivity contribution in [3.05, 3.63) is 29.3 Å². The van der Waals surface area contributed by atoms with Crippen LogP contribution < -0.4 is 10.6 Å². The molecule has 0 spiro atoms. The summed E-state index contributed by atoms with van der Waals surface area (Å²) >= 11 is 0. The molecule has 2 N–H and O–H groups in total. The zero-order valence-corrected chi connectivity index (χ0v) is 16.7. The van der Waals surface area contributed by atoms with Crippen LogP contribution in [0.15, 0.2) is 18.2 Å². The molecule has 5 heteroatoms. The number of nitrogens with zero attached hydrogens (tertiary/aromatic N) is 1. The first-order chi connectivity index (χ1) is 13.0. The van der Waals surface area contributed by atoms with Crippen molar-refractivity contribution in [2.75, 3.05) is 18.4 Å². The van der Waals surface area contributed by atoms with Crippen molar-refractivity contribution >= 4 is 17.5 Å². The van der Waals surface area contributed by atoms with Gasteiger partial charge in [-0.15, -0.1) is 0 Å². The molecule has 1 saturated heterocycles. The molecule has 2 amide bonds. The second kappa shape index (κ2) is 9.25. The highest BCUT2D eigenvalue weighted by Gasteiger charge is 2.23. The van der Waals surface area contributed by atoms with Crippen LogP contribution in [0.1, 0.15) is 74.2 Å². The number of hydrogen-bond donors (Lipinski definition) is 2. The standard InChI is InChI=1S/C22H33N3O2/c1-16-14-18(22(27)24-19-9-4-3-5-10-19)11-12-20(16)23-15-21(26)25-13-7-6-8-17(25)2/h11-12,14,17,19,23H,3-10,13,15H2,1-2H3,(H,24,27). The van der Waals surface area contributed by atoms with Crippen LogP contribution in [-0.2, 0) is 4.79 Å². The number of hydrogen-bond acceptors (Lipinski definition) is 3. The third-order valence-electron chi connectivity index (χ3n) is 5.98. The summed E-state index contributed by atoms with van der Waals surface area (Å²) < 4.78 is 0. The number of likely N-dealkylation sites (tertiary alicyclic amines) is 1. The van der Waals surface area contributed by atoms with Gasteiger partial charge in [0.05, 0.1) is 6.54 Å². The molecule has 1 aromatic carbocycles. The molecule has 1 atom stereocenters. The fourth-order valence-corrected chi connectivity index (χ4v) is 4.26. The van der Waals surface area contributed by atoms with Gasteiger partial charge in [-0.05, 0) is 69.7 Å². The Hall–Kier alpha value is -2.04. The average molecular weight is 372 g/mol. The van der Waals surface area contributed by atoms with Crippen LogP contribution in [0.3, 0.4) is 0 Å². The van der Waals surface area contributed by atoms with E-state index in [9.17, 15) is 9.59 Å². The zero-order valence-electron chi connectivity index (χ0n) is 16.7. The lowest BCUT2D eigenvalue weighted by Crippen LogP contribution is -2.44. The van der Waals surface area contributed by atoms with Crippen LogP contribution in [0.5, 0.6) is 0 Å². The normalized spacial score (nSPS) is 21.0. The Morgan fingerprint density at radius 3 is 2.52 bits per heavy atom. The summed E-state index contributed by atoms with van der Waals surface area (Å²) in [5, 5.41) is 6.41. The number of aryl methyl sites for hydroxylation is 1. The van der Waals surface area contributed by atoms with Gasteiger partial charge in [-0.3, -0.25) is 9.59 Å². The van der Waals surface area contributed by atoms with Gasteiger partial charge in [0.2, 0.25) is 5.91 Å². The lowest BCUT2D eigenvalue weighted by molar-refractivity contribution is -0.132. The molecule has 2 aliphatic rings. The van der Waals surface area contributed by atoms with E-state index in [1.807, 2.05) is 30.0 Å². The predicted molar refractivity (Wildman–Crippen MR) is 109 cm³/mol. The maximum absolute atomic E-state index is 12.5. The van der Waals surface area contributed by atoms with Gasteiger partial charge in [-0.25, -0.2) is 0 Å². The van der Waals surface area contributed by atoms with E-state index in [4.69, 9.17) is 0 Å². The molecule has 148 valence electrons. The topological polar surface area (TPSA) is 61.4 Å². The van der Waals surface area contributed by atoms with Gasteiger partial charge in [-0.1, -0.05) is 19.3 Å². The monoisotopic (exact) mass is 371 g/mol. The van der Waals surface area contributed by atoms with Crippen molar-refractivity contribution in [3.8, 4) is 0 Å². The highest BCUT2D eigenvalue weighted by atomic mass is 16.2. The molecule has 1 saturated carbocycles. The molecule has 1 aliphatic heterocycles. The SMILES string of the molecule is Cc1cc(C(=O)NC2CCCCC2)ccc1NCC(=O)N1CCCCC1C. The molecule has 27 heavy (non-hydrogen) atoms. The van der Waals surface area contributed by atoms with E-state index in [0.29, 0.717) is 24.2 Å². The van der Waals surface area contributed by atoms with E-state index < -0.39 is 0 Å². The third kappa shape index (κ3) is 5.24. The second-order valence-corrected chi connectivity index (χ2v) is 8.12. The molecule has 5 nitrogen and oxygen atoms in total. The number of rotatable bonds is 5. The number of benzene rings is 1. The van der Waals surface area contributed by atoms with E-state index in [-0.39, 0.29) is 11.8 Å². The first kappa shape index (κ1) is 19.7. The van der Waals surface area contributed by atoms with Crippen molar-refractivity contribution in [1.29, 1.82) is 0 Å². The molecule has 2 fully saturated rings. The van der Waals surface area contributed by atoms with Gasteiger partial charge in [0, 0.05) is 29.9 Å². The third-order valence-corrected chi connectivity index (χ3v) is 5.98. The van der Waals surface area contributed by atoms with Gasteiger partial charge < -0.3 is 15.5 Å². The van der Waals surface area contributed by atoms with Gasteiger partial charge >= 0.3 is 0 Å². The quantitative estimate of drug-likeness (QED) is 0.826. The van der Waals surface area contributed by atoms with E-state index in [0.717, 1.165) is 43.5 Å². The molecule has 1 heterocycles. The van der Waals surface area contributed by atoms with Gasteiger partial charge in [0.25, 0.3) is 5.91 Å². The van der Waals surface area contributed by atoms with Gasteiger partial charge in [-0.2, -0.15) is 0 Å². The largest absolute Gasteiger partial charge is 0.376 e. The summed E-state index contributed by atoms with van der Waals surface area (Å²) in [6.45, 7) is 5.27. The highest BCUT2D eigenvalue weighted by molar-refractivity contribution is 5.95. The van der Waals surface area contributed by atoms with Crippen molar-refractivity contribution in [3.63, 3.8) is 0 Å². The van der Waals surface area contributed by atoms with E-state index in [1.165, 1.54) is 25.7 Å². The molecule has 3 rings (SSSR count). The summed E-state index contributed by atoms with van der Waals surface area (Å²) in [7, 11) is 0. The number of anilines is 1. The summed E-state index contributed by atoms with van der Waals surface area (Å²) in [4.78, 5) is 27.0. The number of nitrogens with one attached hydrogen (secondary N) is 2. The van der Waals surface area contributed by atoms with Gasteiger partial charge in [0.1, 0.15) is 0 Å². The lowest BCUT2D eigenvalue weighted by Gasteiger charge is -2.33. The smallest absolute Gasteiger partial charge is 0.251 e. The first-order valence-corrected chi connectivity index (χ1v) is 10.5. The van der Waals surface area contributed by atoms with Crippen LogP contribution in [0.25, 0.3) is 0 Å². The fourth-order valence-electron chi connectivity index (χ4n) is 4.26. The van der Waals surface area contributed by atoms with E-state index in [2.05, 4.69) is 17.6 Å². The Morgan fingerprint density at radius 1 is 1.07 bits per heavy atom. The van der Waals surface area contributed by atoms with Crippen LogP contribution in [-0.4, -0.2) is 41.9 Å². The Morgan fingerprint density at radius 2 is 1.81 bits per heavy atom. The fraction of sp³-hybridized carbons (Fsp3) is 0.636. The van der Waals surface area contributed by atoms with Crippen LogP contribution in [0.2, 0.25) is 0 Å².